The normalized spacial score (nSPS) is 9.89. The summed E-state index contributed by atoms with van der Waals surface area (Å²) in [6.45, 7) is 0. The topological polar surface area (TPSA) is 35.8 Å². The van der Waals surface area contributed by atoms with Crippen molar-refractivity contribution in [1.82, 2.24) is 0 Å². The van der Waals surface area contributed by atoms with E-state index in [4.69, 9.17) is 16.9 Å². The van der Waals surface area contributed by atoms with Gasteiger partial charge >= 0.3 is 0 Å². The van der Waals surface area contributed by atoms with Crippen molar-refractivity contribution < 1.29 is 4.39 Å². The molecule has 0 bridgehead atoms. The van der Waals surface area contributed by atoms with Gasteiger partial charge in [-0.1, -0.05) is 23.7 Å². The van der Waals surface area contributed by atoms with Crippen LogP contribution in [0.2, 0.25) is 5.02 Å². The molecule has 18 heavy (non-hydrogen) atoms. The molecule has 1 N–H and O–H groups in total. The van der Waals surface area contributed by atoms with Gasteiger partial charge in [-0.3, -0.25) is 0 Å². The van der Waals surface area contributed by atoms with Gasteiger partial charge in [0.2, 0.25) is 0 Å². The first-order valence-electron chi connectivity index (χ1n) is 5.03. The quantitative estimate of drug-likeness (QED) is 0.856. The number of rotatable bonds is 2. The zero-order valence-electron chi connectivity index (χ0n) is 9.05. The van der Waals surface area contributed by atoms with Crippen molar-refractivity contribution in [2.24, 2.45) is 0 Å². The van der Waals surface area contributed by atoms with Gasteiger partial charge < -0.3 is 5.32 Å². The molecule has 0 aliphatic carbocycles. The average Bonchev–Trinajstić information content (AvgIpc) is 2.34. The molecule has 90 valence electrons. The summed E-state index contributed by atoms with van der Waals surface area (Å²) < 4.78 is 14.2. The molecule has 0 aromatic heterocycles. The Hall–Kier alpha value is -1.57. The molecule has 0 aliphatic rings. The number of halogens is 3. The second-order valence-electron chi connectivity index (χ2n) is 3.50. The number of nitriles is 1. The first kappa shape index (κ1) is 12.9. The minimum atomic E-state index is -0.409. The van der Waals surface area contributed by atoms with E-state index in [2.05, 4.69) is 21.2 Å². The van der Waals surface area contributed by atoms with Crippen molar-refractivity contribution in [3.63, 3.8) is 0 Å². The Morgan fingerprint density at radius 1 is 1.22 bits per heavy atom. The number of hydrogen-bond acceptors (Lipinski definition) is 2. The van der Waals surface area contributed by atoms with E-state index in [1.165, 1.54) is 6.07 Å². The van der Waals surface area contributed by atoms with Crippen molar-refractivity contribution in [1.29, 1.82) is 5.26 Å². The summed E-state index contributed by atoms with van der Waals surface area (Å²) in [7, 11) is 0. The maximum Gasteiger partial charge on any atom is 0.147 e. The van der Waals surface area contributed by atoms with Crippen LogP contribution < -0.4 is 5.32 Å². The van der Waals surface area contributed by atoms with Crippen molar-refractivity contribution >= 4 is 38.9 Å². The van der Waals surface area contributed by atoms with Crippen LogP contribution in [0.1, 0.15) is 5.56 Å². The summed E-state index contributed by atoms with van der Waals surface area (Å²) >= 11 is 9.16. The highest BCUT2D eigenvalue weighted by molar-refractivity contribution is 9.10. The van der Waals surface area contributed by atoms with Crippen LogP contribution in [0.3, 0.4) is 0 Å². The SMILES string of the molecule is N#Cc1c(Cl)cccc1Nc1c(F)cccc1Br. The zero-order chi connectivity index (χ0) is 13.1. The van der Waals surface area contributed by atoms with Gasteiger partial charge in [-0.2, -0.15) is 5.26 Å². The largest absolute Gasteiger partial charge is 0.351 e. The minimum Gasteiger partial charge on any atom is -0.351 e. The van der Waals surface area contributed by atoms with Gasteiger partial charge in [0, 0.05) is 4.47 Å². The van der Waals surface area contributed by atoms with Gasteiger partial charge in [-0.05, 0) is 40.2 Å². The first-order chi connectivity index (χ1) is 8.63. The average molecular weight is 326 g/mol. The smallest absolute Gasteiger partial charge is 0.147 e. The lowest BCUT2D eigenvalue weighted by Gasteiger charge is -2.11. The van der Waals surface area contributed by atoms with Gasteiger partial charge in [0.25, 0.3) is 0 Å². The molecule has 2 rings (SSSR count). The van der Waals surface area contributed by atoms with Crippen LogP contribution in [0.25, 0.3) is 0 Å². The van der Waals surface area contributed by atoms with E-state index in [0.717, 1.165) is 0 Å². The lowest BCUT2D eigenvalue weighted by molar-refractivity contribution is 0.631. The summed E-state index contributed by atoms with van der Waals surface area (Å²) in [5, 5.41) is 12.2. The highest BCUT2D eigenvalue weighted by Crippen LogP contribution is 2.31. The molecule has 0 aliphatic heterocycles. The fourth-order valence-electron chi connectivity index (χ4n) is 1.49. The third kappa shape index (κ3) is 2.47. The van der Waals surface area contributed by atoms with Crippen molar-refractivity contribution in [2.75, 3.05) is 5.32 Å². The molecular formula is C13H7BrClFN2. The van der Waals surface area contributed by atoms with E-state index in [-0.39, 0.29) is 11.3 Å². The molecular weight excluding hydrogens is 319 g/mol. The Kier molecular flexibility index (Phi) is 3.85. The number of anilines is 2. The lowest BCUT2D eigenvalue weighted by Crippen LogP contribution is -1.97. The molecule has 5 heteroatoms. The monoisotopic (exact) mass is 324 g/mol. The summed E-state index contributed by atoms with van der Waals surface area (Å²) in [6, 6.07) is 11.6. The highest BCUT2D eigenvalue weighted by atomic mass is 79.9. The Morgan fingerprint density at radius 2 is 1.94 bits per heavy atom. The maximum atomic E-state index is 13.7. The van der Waals surface area contributed by atoms with Gasteiger partial charge in [0.1, 0.15) is 11.9 Å². The number of benzene rings is 2. The molecule has 0 atom stereocenters. The molecule has 2 aromatic carbocycles. The van der Waals surface area contributed by atoms with Crippen molar-refractivity contribution in [3.05, 3.63) is 57.3 Å². The predicted molar refractivity (Wildman–Crippen MR) is 73.5 cm³/mol. The zero-order valence-corrected chi connectivity index (χ0v) is 11.4. The van der Waals surface area contributed by atoms with Crippen LogP contribution in [-0.4, -0.2) is 0 Å². The molecule has 0 fully saturated rings. The van der Waals surface area contributed by atoms with Crippen LogP contribution in [0.4, 0.5) is 15.8 Å². The third-order valence-corrected chi connectivity index (χ3v) is 3.32. The first-order valence-corrected chi connectivity index (χ1v) is 6.20. The minimum absolute atomic E-state index is 0.274. The highest BCUT2D eigenvalue weighted by Gasteiger charge is 2.11. The van der Waals surface area contributed by atoms with Crippen molar-refractivity contribution in [3.8, 4) is 6.07 Å². The van der Waals surface area contributed by atoms with E-state index in [9.17, 15) is 4.39 Å². The van der Waals surface area contributed by atoms with E-state index >= 15 is 0 Å². The Morgan fingerprint density at radius 3 is 2.61 bits per heavy atom. The molecule has 0 saturated carbocycles. The second kappa shape index (κ2) is 5.38. The molecule has 0 saturated heterocycles. The fourth-order valence-corrected chi connectivity index (χ4v) is 2.15. The Labute approximate surface area is 117 Å². The van der Waals surface area contributed by atoms with Crippen LogP contribution in [0.5, 0.6) is 0 Å². The standard InChI is InChI=1S/C13H7BrClFN2/c14-9-3-1-5-11(16)13(9)18-12-6-2-4-10(15)8(12)7-17/h1-6,18H. The van der Waals surface area contributed by atoms with Crippen LogP contribution in [-0.2, 0) is 0 Å². The molecule has 2 aromatic rings. The molecule has 0 spiro atoms. The Balaban J connectivity index is 2.48. The van der Waals surface area contributed by atoms with Gasteiger partial charge in [0.15, 0.2) is 0 Å². The summed E-state index contributed by atoms with van der Waals surface area (Å²) in [5.41, 5.74) is 1.03. The summed E-state index contributed by atoms with van der Waals surface area (Å²) in [6.07, 6.45) is 0. The third-order valence-electron chi connectivity index (χ3n) is 2.35. The van der Waals surface area contributed by atoms with Gasteiger partial charge in [0.05, 0.1) is 22.0 Å². The molecule has 0 radical (unpaired) electrons. The molecule has 0 heterocycles. The molecule has 0 unspecified atom stereocenters. The van der Waals surface area contributed by atoms with E-state index in [1.807, 2.05) is 6.07 Å². The van der Waals surface area contributed by atoms with Crippen LogP contribution in [0, 0.1) is 17.1 Å². The van der Waals surface area contributed by atoms with E-state index in [0.29, 0.717) is 15.2 Å². The van der Waals surface area contributed by atoms with Gasteiger partial charge in [-0.15, -0.1) is 0 Å². The summed E-state index contributed by atoms with van der Waals surface area (Å²) in [5.74, 6) is -0.409. The van der Waals surface area contributed by atoms with Crippen LogP contribution in [0.15, 0.2) is 40.9 Å². The Bertz CT molecular complexity index is 617. The van der Waals surface area contributed by atoms with E-state index in [1.54, 1.807) is 30.3 Å². The van der Waals surface area contributed by atoms with Gasteiger partial charge in [-0.25, -0.2) is 4.39 Å². The maximum absolute atomic E-state index is 13.7. The number of hydrogen-bond donors (Lipinski definition) is 1. The van der Waals surface area contributed by atoms with E-state index < -0.39 is 5.82 Å². The number of nitrogens with zero attached hydrogens (tertiary/aromatic N) is 1. The number of para-hydroxylation sites is 1. The summed E-state index contributed by atoms with van der Waals surface area (Å²) in [4.78, 5) is 0. The lowest BCUT2D eigenvalue weighted by atomic mass is 10.2. The second-order valence-corrected chi connectivity index (χ2v) is 4.76. The van der Waals surface area contributed by atoms with Crippen LogP contribution >= 0.6 is 27.5 Å². The number of nitrogens with one attached hydrogen (secondary N) is 1. The molecule has 0 amide bonds. The fraction of sp³-hybridized carbons (Fsp3) is 0. The molecule has 2 nitrogen and oxygen atoms in total. The van der Waals surface area contributed by atoms with Crippen molar-refractivity contribution in [2.45, 2.75) is 0 Å². The predicted octanol–water partition coefficient (Wildman–Crippen LogP) is 4.86.